The van der Waals surface area contributed by atoms with Gasteiger partial charge >= 0.3 is 6.09 Å². The summed E-state index contributed by atoms with van der Waals surface area (Å²) in [6.07, 6.45) is 4.62. The number of carbonyl (C=O) groups is 1. The minimum absolute atomic E-state index is 0.146. The molecule has 0 unspecified atom stereocenters. The van der Waals surface area contributed by atoms with Gasteiger partial charge in [-0.05, 0) is 50.2 Å². The van der Waals surface area contributed by atoms with Gasteiger partial charge in [0.25, 0.3) is 0 Å². The Morgan fingerprint density at radius 1 is 0.780 bits per heavy atom. The molecule has 2 aromatic heterocycles. The lowest BCUT2D eigenvalue weighted by Gasteiger charge is -2.31. The molecule has 0 spiro atoms. The molecule has 4 aromatic rings. The Kier molecular flexibility index (Phi) is 9.05. The largest absolute Gasteiger partial charge is 0.444 e. The predicted octanol–water partition coefficient (Wildman–Crippen LogP) is 8.85. The van der Waals surface area contributed by atoms with E-state index in [1.165, 1.54) is 0 Å². The molecule has 0 saturated heterocycles. The number of rotatable bonds is 9. The summed E-state index contributed by atoms with van der Waals surface area (Å²) in [5.74, 6) is 2.94. The summed E-state index contributed by atoms with van der Waals surface area (Å²) in [5, 5.41) is 0. The number of H-pyrrole nitrogens is 2. The second-order valence-electron chi connectivity index (χ2n) is 12.5. The molecular weight excluding hydrogens is 510 g/mol. The van der Waals surface area contributed by atoms with E-state index in [0.717, 1.165) is 51.7 Å². The van der Waals surface area contributed by atoms with E-state index in [0.29, 0.717) is 11.8 Å². The van der Waals surface area contributed by atoms with Crippen molar-refractivity contribution in [1.82, 2.24) is 24.8 Å². The predicted molar refractivity (Wildman–Crippen MR) is 166 cm³/mol. The van der Waals surface area contributed by atoms with Crippen LogP contribution in [0.2, 0.25) is 0 Å². The Bertz CT molecular complexity index is 1430. The topological polar surface area (TPSA) is 86.9 Å². The Hall–Kier alpha value is -3.87. The molecule has 2 aromatic carbocycles. The third-order valence-electron chi connectivity index (χ3n) is 7.50. The molecule has 2 N–H and O–H groups in total. The third kappa shape index (κ3) is 7.07. The van der Waals surface area contributed by atoms with Gasteiger partial charge in [-0.15, -0.1) is 0 Å². The standard InChI is InChI=1S/C34H45N5O2/c1-10-27(21(2)3)31-35-19-28(37-31)25-15-11-23(12-16-25)24-13-17-26(18-14-24)29-20-36-32(38-29)30(22(4)5)39(9)33(40)41-34(6,7)8/h11-22,27,30H,10H2,1-9H3,(H,35,37)(H,36,38)/t27-,30-/m0/s1. The highest BCUT2D eigenvalue weighted by atomic mass is 16.6. The number of nitrogens with one attached hydrogen (secondary N) is 2. The molecule has 2 atom stereocenters. The third-order valence-corrected chi connectivity index (χ3v) is 7.50. The van der Waals surface area contributed by atoms with Crippen LogP contribution in [-0.2, 0) is 4.74 Å². The van der Waals surface area contributed by atoms with E-state index in [1.807, 2.05) is 33.2 Å². The van der Waals surface area contributed by atoms with Crippen molar-refractivity contribution in [3.8, 4) is 33.6 Å². The summed E-state index contributed by atoms with van der Waals surface area (Å²) in [4.78, 5) is 30.8. The quantitative estimate of drug-likeness (QED) is 0.216. The first-order valence-corrected chi connectivity index (χ1v) is 14.7. The second-order valence-corrected chi connectivity index (χ2v) is 12.5. The maximum atomic E-state index is 12.8. The fraction of sp³-hybridized carbons (Fsp3) is 0.441. The van der Waals surface area contributed by atoms with E-state index in [4.69, 9.17) is 14.7 Å². The van der Waals surface area contributed by atoms with Crippen molar-refractivity contribution in [2.75, 3.05) is 7.05 Å². The summed E-state index contributed by atoms with van der Waals surface area (Å²) >= 11 is 0. The number of nitrogens with zero attached hydrogens (tertiary/aromatic N) is 3. The van der Waals surface area contributed by atoms with Crippen LogP contribution in [0.1, 0.15) is 85.4 Å². The van der Waals surface area contributed by atoms with Gasteiger partial charge in [0.1, 0.15) is 17.2 Å². The second kappa shape index (κ2) is 12.3. The van der Waals surface area contributed by atoms with Gasteiger partial charge in [-0.1, -0.05) is 83.1 Å². The molecule has 0 bridgehead atoms. The van der Waals surface area contributed by atoms with E-state index in [-0.39, 0.29) is 18.1 Å². The number of carbonyl (C=O) groups excluding carboxylic acids is 1. The Balaban J connectivity index is 1.48. The smallest absolute Gasteiger partial charge is 0.410 e. The zero-order chi connectivity index (χ0) is 29.9. The molecule has 4 rings (SSSR count). The molecule has 218 valence electrons. The van der Waals surface area contributed by atoms with Crippen LogP contribution in [0.15, 0.2) is 60.9 Å². The number of benzene rings is 2. The molecule has 1 amide bonds. The minimum atomic E-state index is -0.558. The van der Waals surface area contributed by atoms with Crippen LogP contribution in [-0.4, -0.2) is 43.6 Å². The molecule has 0 aliphatic heterocycles. The fourth-order valence-electron chi connectivity index (χ4n) is 5.35. The highest BCUT2D eigenvalue weighted by Crippen LogP contribution is 2.31. The van der Waals surface area contributed by atoms with Crippen molar-refractivity contribution >= 4 is 6.09 Å². The first-order valence-electron chi connectivity index (χ1n) is 14.7. The lowest BCUT2D eigenvalue weighted by atomic mass is 9.93. The number of aromatic amines is 2. The lowest BCUT2D eigenvalue weighted by Crippen LogP contribution is -2.38. The van der Waals surface area contributed by atoms with E-state index in [9.17, 15) is 4.79 Å². The molecule has 7 nitrogen and oxygen atoms in total. The highest BCUT2D eigenvalue weighted by Gasteiger charge is 2.30. The minimum Gasteiger partial charge on any atom is -0.444 e. The highest BCUT2D eigenvalue weighted by molar-refractivity contribution is 5.72. The number of imidazole rings is 2. The maximum Gasteiger partial charge on any atom is 0.410 e. The van der Waals surface area contributed by atoms with Gasteiger partial charge in [-0.25, -0.2) is 14.8 Å². The average molecular weight is 556 g/mol. The van der Waals surface area contributed by atoms with Crippen molar-refractivity contribution in [2.24, 2.45) is 11.8 Å². The summed E-state index contributed by atoms with van der Waals surface area (Å²) < 4.78 is 5.60. The molecular formula is C34H45N5O2. The monoisotopic (exact) mass is 555 g/mol. The average Bonchev–Trinajstić information content (AvgIpc) is 3.59. The van der Waals surface area contributed by atoms with Crippen molar-refractivity contribution in [3.63, 3.8) is 0 Å². The fourth-order valence-corrected chi connectivity index (χ4v) is 5.35. The lowest BCUT2D eigenvalue weighted by molar-refractivity contribution is 0.0167. The zero-order valence-electron chi connectivity index (χ0n) is 25.9. The Morgan fingerprint density at radius 2 is 1.22 bits per heavy atom. The van der Waals surface area contributed by atoms with Gasteiger partial charge in [0.05, 0.1) is 17.4 Å². The van der Waals surface area contributed by atoms with E-state index >= 15 is 0 Å². The number of hydrogen-bond donors (Lipinski definition) is 2. The number of aromatic nitrogens is 4. The summed E-state index contributed by atoms with van der Waals surface area (Å²) in [7, 11) is 1.76. The zero-order valence-corrected chi connectivity index (χ0v) is 25.9. The Morgan fingerprint density at radius 3 is 1.63 bits per heavy atom. The van der Waals surface area contributed by atoms with Gasteiger partial charge < -0.3 is 19.6 Å². The van der Waals surface area contributed by atoms with Crippen LogP contribution in [0, 0.1) is 11.8 Å². The van der Waals surface area contributed by atoms with Gasteiger partial charge in [0.15, 0.2) is 0 Å². The van der Waals surface area contributed by atoms with Gasteiger partial charge in [-0.2, -0.15) is 0 Å². The van der Waals surface area contributed by atoms with Crippen LogP contribution in [0.4, 0.5) is 4.79 Å². The Labute approximate surface area is 244 Å². The number of ether oxygens (including phenoxy) is 1. The van der Waals surface area contributed by atoms with Crippen LogP contribution in [0.3, 0.4) is 0 Å². The first kappa shape index (κ1) is 30.1. The van der Waals surface area contributed by atoms with Crippen LogP contribution in [0.5, 0.6) is 0 Å². The molecule has 7 heteroatoms. The molecule has 2 heterocycles. The molecule has 0 aliphatic rings. The van der Waals surface area contributed by atoms with Crippen molar-refractivity contribution in [3.05, 3.63) is 72.6 Å². The first-order chi connectivity index (χ1) is 19.4. The number of hydrogen-bond acceptors (Lipinski definition) is 4. The van der Waals surface area contributed by atoms with Crippen molar-refractivity contribution < 1.29 is 9.53 Å². The van der Waals surface area contributed by atoms with Crippen molar-refractivity contribution in [2.45, 2.75) is 79.4 Å². The van der Waals surface area contributed by atoms with Gasteiger partial charge in [0, 0.05) is 36.5 Å². The summed E-state index contributed by atoms with van der Waals surface area (Å²) in [6, 6.07) is 16.7. The molecule has 0 radical (unpaired) electrons. The molecule has 41 heavy (non-hydrogen) atoms. The SMILES string of the molecule is CC[C@H](c1nc(-c2ccc(-c3ccc(-c4c[nH]c([C@H](C(C)C)N(C)C(=O)OC(C)(C)C)n4)cc3)cc2)c[nH]1)C(C)C. The van der Waals surface area contributed by atoms with Gasteiger partial charge in [-0.3, -0.25) is 0 Å². The maximum absolute atomic E-state index is 12.8. The van der Waals surface area contributed by atoms with Gasteiger partial charge in [0.2, 0.25) is 0 Å². The normalized spacial score (nSPS) is 13.4. The van der Waals surface area contributed by atoms with Crippen LogP contribution in [0.25, 0.3) is 33.6 Å². The van der Waals surface area contributed by atoms with Crippen LogP contribution < -0.4 is 0 Å². The number of amides is 1. The van der Waals surface area contributed by atoms with Crippen molar-refractivity contribution in [1.29, 1.82) is 0 Å². The van der Waals surface area contributed by atoms with E-state index in [2.05, 4.69) is 93.1 Å². The van der Waals surface area contributed by atoms with E-state index < -0.39 is 5.60 Å². The summed E-state index contributed by atoms with van der Waals surface area (Å²) in [6.45, 7) is 16.5. The van der Waals surface area contributed by atoms with E-state index in [1.54, 1.807) is 11.9 Å². The molecule has 0 aliphatic carbocycles. The van der Waals surface area contributed by atoms with Crippen LogP contribution >= 0.6 is 0 Å². The molecule has 0 saturated carbocycles. The molecule has 0 fully saturated rings. The summed E-state index contributed by atoms with van der Waals surface area (Å²) in [5.41, 5.74) is 5.65.